The van der Waals surface area contributed by atoms with Crippen LogP contribution in [0.3, 0.4) is 0 Å². The molecule has 13 nitrogen and oxygen atoms in total. The molecule has 0 aromatic carbocycles. The summed E-state index contributed by atoms with van der Waals surface area (Å²) < 4.78 is 33.4. The molecule has 8 atom stereocenters. The van der Waals surface area contributed by atoms with Gasteiger partial charge >= 0.3 is 19.8 Å². The zero-order chi connectivity index (χ0) is 42.2. The van der Waals surface area contributed by atoms with Gasteiger partial charge in [0.15, 0.2) is 6.10 Å². The number of phosphoric acid groups is 1. The maximum absolute atomic E-state index is 12.8. The molecule has 0 heterocycles. The summed E-state index contributed by atoms with van der Waals surface area (Å²) in [5.74, 6) is -1.15. The Bertz CT molecular complexity index is 1190. The molecule has 0 radical (unpaired) electrons. The molecule has 0 aliphatic heterocycles. The molecular formula is C43H75O13P. The zero-order valence-corrected chi connectivity index (χ0v) is 35.5. The number of hydrogen-bond acceptors (Lipinski definition) is 12. The minimum absolute atomic E-state index is 0.0444. The fourth-order valence-corrected chi connectivity index (χ4v) is 7.19. The van der Waals surface area contributed by atoms with Gasteiger partial charge in [0.2, 0.25) is 0 Å². The van der Waals surface area contributed by atoms with Crippen LogP contribution in [0, 0.1) is 0 Å². The van der Waals surface area contributed by atoms with E-state index >= 15 is 0 Å². The summed E-state index contributed by atoms with van der Waals surface area (Å²) in [5.41, 5.74) is 0. The lowest BCUT2D eigenvalue weighted by Crippen LogP contribution is -2.64. The van der Waals surface area contributed by atoms with Gasteiger partial charge in [-0.1, -0.05) is 140 Å². The van der Waals surface area contributed by atoms with Gasteiger partial charge in [-0.2, -0.15) is 0 Å². The number of carbonyl (C=O) groups excluding carboxylic acids is 2. The van der Waals surface area contributed by atoms with Gasteiger partial charge in [0.1, 0.15) is 43.2 Å². The van der Waals surface area contributed by atoms with Gasteiger partial charge in [0.05, 0.1) is 6.61 Å². The molecule has 1 rings (SSSR count). The first kappa shape index (κ1) is 52.8. The number of rotatable bonds is 34. The van der Waals surface area contributed by atoms with E-state index in [1.807, 2.05) is 6.08 Å². The molecule has 1 aliphatic rings. The average molecular weight is 831 g/mol. The minimum atomic E-state index is -5.12. The quantitative estimate of drug-likeness (QED) is 0.0160. The standard InChI is InChI=1S/C43H75O13P/c1-3-5-7-9-11-13-15-17-18-20-22-24-26-28-30-32-37(45)55-35(34-54-57(51,52)56-43-41(49)39(47)38(46)40(48)42(43)50)33-53-36(44)31-29-27-25-23-21-19-16-14-12-10-8-6-4-2/h5,7,11,13,17-18,22,24,35,38-43,46-50H,3-4,6,8-10,12,14-16,19-21,23,25-34H2,1-2H3,(H,51,52)/b7-5+,13-11+,18-17+,24-22+/t35-,38?,39-,40?,41?,42?,43?/m1/s1. The van der Waals surface area contributed by atoms with Crippen molar-refractivity contribution in [1.82, 2.24) is 0 Å². The smallest absolute Gasteiger partial charge is 0.462 e. The van der Waals surface area contributed by atoms with Crippen molar-refractivity contribution in [2.24, 2.45) is 0 Å². The molecule has 330 valence electrons. The van der Waals surface area contributed by atoms with Gasteiger partial charge in [-0.15, -0.1) is 0 Å². The van der Waals surface area contributed by atoms with Crippen molar-refractivity contribution in [2.45, 2.75) is 198 Å². The molecule has 0 saturated heterocycles. The molecule has 1 aliphatic carbocycles. The van der Waals surface area contributed by atoms with Crippen LogP contribution in [0.25, 0.3) is 0 Å². The van der Waals surface area contributed by atoms with Crippen LogP contribution < -0.4 is 0 Å². The summed E-state index contributed by atoms with van der Waals surface area (Å²) in [6, 6.07) is 0. The predicted molar refractivity (Wildman–Crippen MR) is 221 cm³/mol. The van der Waals surface area contributed by atoms with Crippen LogP contribution in [0.1, 0.15) is 155 Å². The largest absolute Gasteiger partial charge is 0.472 e. The van der Waals surface area contributed by atoms with Gasteiger partial charge in [0, 0.05) is 12.8 Å². The number of aliphatic hydroxyl groups is 5. The third-order valence-corrected chi connectivity index (χ3v) is 10.7. The van der Waals surface area contributed by atoms with Crippen molar-refractivity contribution in [2.75, 3.05) is 13.2 Å². The molecule has 0 amide bonds. The SMILES string of the molecule is CC/C=C/C/C=C/C/C=C/C/C=C/CCCCC(=O)O[C@H](COC(=O)CCCCCCCCCCCCCCC)COP(=O)(O)OC1C(O)C(O)C(O)[C@@H](O)C1O. The Labute approximate surface area is 341 Å². The van der Waals surface area contributed by atoms with Gasteiger partial charge in [-0.25, -0.2) is 4.57 Å². The second kappa shape index (κ2) is 33.6. The van der Waals surface area contributed by atoms with Crippen LogP contribution in [0.4, 0.5) is 0 Å². The number of hydrogen-bond donors (Lipinski definition) is 6. The number of unbranched alkanes of at least 4 members (excludes halogenated alkanes) is 14. The molecular weight excluding hydrogens is 755 g/mol. The van der Waals surface area contributed by atoms with E-state index < -0.39 is 75.7 Å². The topological polar surface area (TPSA) is 210 Å². The lowest BCUT2D eigenvalue weighted by atomic mass is 9.85. The maximum Gasteiger partial charge on any atom is 0.472 e. The van der Waals surface area contributed by atoms with E-state index in [2.05, 4.69) is 56.4 Å². The first-order valence-corrected chi connectivity index (χ1v) is 22.9. The fraction of sp³-hybridized carbons (Fsp3) is 0.767. The third-order valence-electron chi connectivity index (χ3n) is 9.68. The predicted octanol–water partition coefficient (Wildman–Crippen LogP) is 7.61. The van der Waals surface area contributed by atoms with E-state index in [0.717, 1.165) is 57.8 Å². The van der Waals surface area contributed by atoms with Crippen LogP contribution in [-0.4, -0.2) is 98.3 Å². The monoisotopic (exact) mass is 830 g/mol. The Morgan fingerprint density at radius 3 is 1.53 bits per heavy atom. The van der Waals surface area contributed by atoms with E-state index in [1.54, 1.807) is 0 Å². The lowest BCUT2D eigenvalue weighted by molar-refractivity contribution is -0.220. The number of esters is 2. The third kappa shape index (κ3) is 26.5. The fourth-order valence-electron chi connectivity index (χ4n) is 6.22. The number of allylic oxidation sites excluding steroid dienone is 8. The Balaban J connectivity index is 2.53. The van der Waals surface area contributed by atoms with Gasteiger partial charge in [-0.05, 0) is 51.4 Å². The number of aliphatic hydroxyl groups excluding tert-OH is 5. The van der Waals surface area contributed by atoms with E-state index in [1.165, 1.54) is 57.8 Å². The van der Waals surface area contributed by atoms with Crippen LogP contribution in [0.15, 0.2) is 48.6 Å². The van der Waals surface area contributed by atoms with Gasteiger partial charge in [-0.3, -0.25) is 18.6 Å². The zero-order valence-electron chi connectivity index (χ0n) is 34.6. The summed E-state index contributed by atoms with van der Waals surface area (Å²) in [6.07, 6.45) is 24.6. The molecule has 6 unspecified atom stereocenters. The number of carbonyl (C=O) groups is 2. The van der Waals surface area contributed by atoms with Crippen LogP contribution in [0.2, 0.25) is 0 Å². The van der Waals surface area contributed by atoms with Crippen molar-refractivity contribution in [3.05, 3.63) is 48.6 Å². The molecule has 6 N–H and O–H groups in total. The number of ether oxygens (including phenoxy) is 2. The second-order valence-electron chi connectivity index (χ2n) is 14.8. The Morgan fingerprint density at radius 2 is 1.00 bits per heavy atom. The minimum Gasteiger partial charge on any atom is -0.462 e. The molecule has 0 spiro atoms. The van der Waals surface area contributed by atoms with E-state index in [0.29, 0.717) is 12.8 Å². The Kier molecular flexibility index (Phi) is 31.2. The average Bonchev–Trinajstić information content (AvgIpc) is 3.19. The van der Waals surface area contributed by atoms with Crippen molar-refractivity contribution < 1.29 is 63.1 Å². The van der Waals surface area contributed by atoms with Crippen LogP contribution >= 0.6 is 7.82 Å². The number of phosphoric ester groups is 1. The summed E-state index contributed by atoms with van der Waals surface area (Å²) >= 11 is 0. The van der Waals surface area contributed by atoms with Crippen LogP contribution in [-0.2, 0) is 32.7 Å². The van der Waals surface area contributed by atoms with E-state index in [9.17, 15) is 44.6 Å². The van der Waals surface area contributed by atoms with Crippen molar-refractivity contribution in [3.63, 3.8) is 0 Å². The van der Waals surface area contributed by atoms with E-state index in [-0.39, 0.29) is 12.8 Å². The normalized spacial score (nSPS) is 23.2. The first-order valence-electron chi connectivity index (χ1n) is 21.4. The molecule has 57 heavy (non-hydrogen) atoms. The highest BCUT2D eigenvalue weighted by Crippen LogP contribution is 2.47. The molecule has 1 fully saturated rings. The highest BCUT2D eigenvalue weighted by Gasteiger charge is 2.51. The summed E-state index contributed by atoms with van der Waals surface area (Å²) in [6.45, 7) is 3.13. The maximum atomic E-state index is 12.8. The summed E-state index contributed by atoms with van der Waals surface area (Å²) in [5, 5.41) is 50.0. The Morgan fingerprint density at radius 1 is 0.561 bits per heavy atom. The second-order valence-corrected chi connectivity index (χ2v) is 16.2. The van der Waals surface area contributed by atoms with Gasteiger partial charge < -0.3 is 39.9 Å². The lowest BCUT2D eigenvalue weighted by Gasteiger charge is -2.41. The van der Waals surface area contributed by atoms with Crippen molar-refractivity contribution in [3.8, 4) is 0 Å². The molecule has 0 aromatic rings. The summed E-state index contributed by atoms with van der Waals surface area (Å²) in [7, 11) is -5.12. The van der Waals surface area contributed by atoms with Crippen molar-refractivity contribution in [1.29, 1.82) is 0 Å². The Hall–Kier alpha value is -2.19. The molecule has 0 aromatic heterocycles. The van der Waals surface area contributed by atoms with Gasteiger partial charge in [0.25, 0.3) is 0 Å². The summed E-state index contributed by atoms with van der Waals surface area (Å²) in [4.78, 5) is 35.6. The van der Waals surface area contributed by atoms with Crippen molar-refractivity contribution >= 4 is 19.8 Å². The molecule has 14 heteroatoms. The van der Waals surface area contributed by atoms with E-state index in [4.69, 9.17) is 18.5 Å². The molecule has 1 saturated carbocycles. The molecule has 0 bridgehead atoms. The van der Waals surface area contributed by atoms with Crippen LogP contribution in [0.5, 0.6) is 0 Å². The highest BCUT2D eigenvalue weighted by atomic mass is 31.2. The highest BCUT2D eigenvalue weighted by molar-refractivity contribution is 7.47. The first-order chi connectivity index (χ1) is 27.4.